The van der Waals surface area contributed by atoms with Crippen molar-refractivity contribution >= 4 is 16.7 Å². The number of aromatic nitrogens is 3. The molecule has 5 nitrogen and oxygen atoms in total. The number of benzene rings is 3. The van der Waals surface area contributed by atoms with Crippen molar-refractivity contribution in [2.75, 3.05) is 0 Å². The van der Waals surface area contributed by atoms with Gasteiger partial charge in [0.05, 0.1) is 5.69 Å². The topological polar surface area (TPSA) is 68.0 Å². The lowest BCUT2D eigenvalue weighted by Crippen LogP contribution is -2.03. The number of hydrogen-bond acceptors (Lipinski definition) is 3. The van der Waals surface area contributed by atoms with Crippen molar-refractivity contribution in [3.63, 3.8) is 0 Å². The minimum absolute atomic E-state index is 0.0610. The zero-order valence-electron chi connectivity index (χ0n) is 12.6. The van der Waals surface area contributed by atoms with Crippen molar-refractivity contribution in [2.45, 2.75) is 0 Å². The molecule has 1 heterocycles. The van der Waals surface area contributed by atoms with Crippen LogP contribution in [0.3, 0.4) is 0 Å². The predicted molar refractivity (Wildman–Crippen MR) is 91.3 cm³/mol. The van der Waals surface area contributed by atoms with Crippen LogP contribution in [0.5, 0.6) is 0 Å². The monoisotopic (exact) mass is 315 g/mol. The van der Waals surface area contributed by atoms with Crippen LogP contribution in [0.15, 0.2) is 72.8 Å². The molecule has 0 radical (unpaired) electrons. The van der Waals surface area contributed by atoms with Gasteiger partial charge in [-0.2, -0.15) is 0 Å². The number of aromatic carboxylic acids is 1. The van der Waals surface area contributed by atoms with E-state index in [4.69, 9.17) is 0 Å². The van der Waals surface area contributed by atoms with Crippen molar-refractivity contribution in [1.29, 1.82) is 0 Å². The molecule has 0 bridgehead atoms. The van der Waals surface area contributed by atoms with Gasteiger partial charge < -0.3 is 5.11 Å². The van der Waals surface area contributed by atoms with Crippen LogP contribution in [-0.4, -0.2) is 26.1 Å². The lowest BCUT2D eigenvalue weighted by atomic mass is 10.1. The van der Waals surface area contributed by atoms with Crippen LogP contribution in [0.1, 0.15) is 10.5 Å². The fourth-order valence-corrected chi connectivity index (χ4v) is 2.84. The second-order valence-electron chi connectivity index (χ2n) is 5.37. The standard InChI is InChI=1S/C19H13N3O2/c23-19(24)17-18(14-8-2-1-3-9-14)22(21-20-17)16-12-6-10-13-7-4-5-11-15(13)16/h1-12H,(H,23,24). The maximum atomic E-state index is 11.6. The molecule has 4 aromatic rings. The van der Waals surface area contributed by atoms with E-state index in [-0.39, 0.29) is 5.69 Å². The molecule has 0 aliphatic heterocycles. The Morgan fingerprint density at radius 2 is 1.58 bits per heavy atom. The molecule has 0 fully saturated rings. The zero-order valence-corrected chi connectivity index (χ0v) is 12.6. The Kier molecular flexibility index (Phi) is 3.31. The minimum Gasteiger partial charge on any atom is -0.476 e. The number of hydrogen-bond donors (Lipinski definition) is 1. The summed E-state index contributed by atoms with van der Waals surface area (Å²) in [6.45, 7) is 0. The van der Waals surface area contributed by atoms with Gasteiger partial charge in [0.15, 0.2) is 5.69 Å². The second-order valence-corrected chi connectivity index (χ2v) is 5.37. The summed E-state index contributed by atoms with van der Waals surface area (Å²) in [7, 11) is 0. The molecule has 0 amide bonds. The Labute approximate surface area is 137 Å². The average Bonchev–Trinajstić information content (AvgIpc) is 3.07. The Morgan fingerprint density at radius 3 is 2.38 bits per heavy atom. The SMILES string of the molecule is O=C(O)c1nnn(-c2cccc3ccccc23)c1-c1ccccc1. The van der Waals surface area contributed by atoms with Crippen LogP contribution in [0.2, 0.25) is 0 Å². The van der Waals surface area contributed by atoms with Gasteiger partial charge >= 0.3 is 5.97 Å². The Balaban J connectivity index is 2.04. The fourth-order valence-electron chi connectivity index (χ4n) is 2.84. The third-order valence-corrected chi connectivity index (χ3v) is 3.91. The molecule has 4 rings (SSSR count). The van der Waals surface area contributed by atoms with Crippen molar-refractivity contribution in [2.24, 2.45) is 0 Å². The Bertz CT molecular complexity index is 1030. The number of fused-ring (bicyclic) bond motifs is 1. The third-order valence-electron chi connectivity index (χ3n) is 3.91. The van der Waals surface area contributed by atoms with Crippen LogP contribution < -0.4 is 0 Å². The molecule has 0 saturated carbocycles. The number of carboxylic acids is 1. The quantitative estimate of drug-likeness (QED) is 0.624. The summed E-state index contributed by atoms with van der Waals surface area (Å²) in [5.41, 5.74) is 1.97. The Morgan fingerprint density at radius 1 is 0.875 bits per heavy atom. The molecule has 116 valence electrons. The van der Waals surface area contributed by atoms with Crippen LogP contribution in [0, 0.1) is 0 Å². The van der Waals surface area contributed by atoms with Crippen LogP contribution in [0.4, 0.5) is 0 Å². The van der Waals surface area contributed by atoms with Gasteiger partial charge in [0.1, 0.15) is 5.69 Å². The first-order chi connectivity index (χ1) is 11.8. The first-order valence-electron chi connectivity index (χ1n) is 7.48. The minimum atomic E-state index is -1.10. The van der Waals surface area contributed by atoms with Gasteiger partial charge in [-0.1, -0.05) is 71.9 Å². The maximum absolute atomic E-state index is 11.6. The van der Waals surface area contributed by atoms with E-state index in [1.807, 2.05) is 72.8 Å². The molecule has 0 saturated heterocycles. The summed E-state index contributed by atoms with van der Waals surface area (Å²) in [6, 6.07) is 23.1. The first kappa shape index (κ1) is 14.1. The van der Waals surface area contributed by atoms with Gasteiger partial charge in [0.2, 0.25) is 0 Å². The van der Waals surface area contributed by atoms with E-state index in [9.17, 15) is 9.90 Å². The largest absolute Gasteiger partial charge is 0.476 e. The van der Waals surface area contributed by atoms with Crippen molar-refractivity contribution in [3.8, 4) is 16.9 Å². The summed E-state index contributed by atoms with van der Waals surface area (Å²) >= 11 is 0. The first-order valence-corrected chi connectivity index (χ1v) is 7.48. The molecule has 24 heavy (non-hydrogen) atoms. The molecule has 3 aromatic carbocycles. The average molecular weight is 315 g/mol. The molecular weight excluding hydrogens is 302 g/mol. The normalized spacial score (nSPS) is 10.8. The van der Waals surface area contributed by atoms with E-state index >= 15 is 0 Å². The molecule has 5 heteroatoms. The number of nitrogens with zero attached hydrogens (tertiary/aromatic N) is 3. The molecule has 0 unspecified atom stereocenters. The fraction of sp³-hybridized carbons (Fsp3) is 0. The molecule has 1 aromatic heterocycles. The zero-order chi connectivity index (χ0) is 16.5. The predicted octanol–water partition coefficient (Wildman–Crippen LogP) is 3.79. The van der Waals surface area contributed by atoms with E-state index in [0.717, 1.165) is 22.0 Å². The molecule has 0 aliphatic rings. The van der Waals surface area contributed by atoms with Gasteiger partial charge in [-0.25, -0.2) is 9.48 Å². The van der Waals surface area contributed by atoms with Gasteiger partial charge in [-0.15, -0.1) is 5.10 Å². The third kappa shape index (κ3) is 2.23. The summed E-state index contributed by atoms with van der Waals surface area (Å²) in [5.74, 6) is -1.10. The summed E-state index contributed by atoms with van der Waals surface area (Å²) in [5, 5.41) is 19.5. The van der Waals surface area contributed by atoms with E-state index in [1.165, 1.54) is 0 Å². The maximum Gasteiger partial charge on any atom is 0.358 e. The highest BCUT2D eigenvalue weighted by molar-refractivity contribution is 5.95. The molecule has 0 spiro atoms. The van der Waals surface area contributed by atoms with E-state index in [0.29, 0.717) is 5.69 Å². The molecule has 0 aliphatic carbocycles. The van der Waals surface area contributed by atoms with Crippen molar-refractivity contribution in [1.82, 2.24) is 15.0 Å². The van der Waals surface area contributed by atoms with Gasteiger partial charge in [-0.3, -0.25) is 0 Å². The van der Waals surface area contributed by atoms with Crippen LogP contribution >= 0.6 is 0 Å². The number of carbonyl (C=O) groups is 1. The van der Waals surface area contributed by atoms with Gasteiger partial charge in [0.25, 0.3) is 0 Å². The van der Waals surface area contributed by atoms with E-state index in [2.05, 4.69) is 10.3 Å². The van der Waals surface area contributed by atoms with Crippen molar-refractivity contribution < 1.29 is 9.90 Å². The van der Waals surface area contributed by atoms with Crippen LogP contribution in [-0.2, 0) is 0 Å². The van der Waals surface area contributed by atoms with Crippen molar-refractivity contribution in [3.05, 3.63) is 78.5 Å². The van der Waals surface area contributed by atoms with Gasteiger partial charge in [-0.05, 0) is 11.5 Å². The van der Waals surface area contributed by atoms with E-state index in [1.54, 1.807) is 4.68 Å². The highest BCUT2D eigenvalue weighted by atomic mass is 16.4. The van der Waals surface area contributed by atoms with E-state index < -0.39 is 5.97 Å². The van der Waals surface area contributed by atoms with Crippen LogP contribution in [0.25, 0.3) is 27.7 Å². The molecule has 1 N–H and O–H groups in total. The lowest BCUT2D eigenvalue weighted by Gasteiger charge is -2.10. The van der Waals surface area contributed by atoms with Gasteiger partial charge in [0, 0.05) is 10.9 Å². The highest BCUT2D eigenvalue weighted by Gasteiger charge is 2.22. The Hall–Kier alpha value is -3.47. The number of rotatable bonds is 3. The number of carboxylic acid groups (broad SMARTS) is 1. The second kappa shape index (κ2) is 5.62. The molecule has 0 atom stereocenters. The smallest absolute Gasteiger partial charge is 0.358 e. The molecular formula is C19H13N3O2. The summed E-state index contributed by atoms with van der Waals surface area (Å²) in [4.78, 5) is 11.6. The summed E-state index contributed by atoms with van der Waals surface area (Å²) in [6.07, 6.45) is 0. The highest BCUT2D eigenvalue weighted by Crippen LogP contribution is 2.29. The lowest BCUT2D eigenvalue weighted by molar-refractivity contribution is 0.0691. The summed E-state index contributed by atoms with van der Waals surface area (Å²) < 4.78 is 1.60.